The molecule has 2 atom stereocenters. The van der Waals surface area contributed by atoms with Gasteiger partial charge in [0.1, 0.15) is 11.4 Å². The van der Waals surface area contributed by atoms with E-state index in [9.17, 15) is 0 Å². The normalized spacial score (nSPS) is 20.7. The van der Waals surface area contributed by atoms with Crippen molar-refractivity contribution in [2.24, 2.45) is 0 Å². The highest BCUT2D eigenvalue weighted by molar-refractivity contribution is 5.66. The van der Waals surface area contributed by atoms with Crippen molar-refractivity contribution >= 4 is 5.69 Å². The van der Waals surface area contributed by atoms with Crippen LogP contribution in [-0.4, -0.2) is 6.23 Å². The molecule has 152 valence electrons. The lowest BCUT2D eigenvalue weighted by molar-refractivity contribution is -0.0829. The van der Waals surface area contributed by atoms with Crippen molar-refractivity contribution in [1.82, 2.24) is 0 Å². The maximum absolute atomic E-state index is 7.22. The van der Waals surface area contributed by atoms with Crippen molar-refractivity contribution in [3.63, 3.8) is 0 Å². The van der Waals surface area contributed by atoms with E-state index in [2.05, 4.69) is 103 Å². The molecule has 4 aromatic rings. The lowest BCUT2D eigenvalue weighted by atomic mass is 9.77. The summed E-state index contributed by atoms with van der Waals surface area (Å²) in [6, 6.07) is 37.8. The zero-order valence-corrected chi connectivity index (χ0v) is 17.3. The Hall–Kier alpha value is -3.56. The molecule has 2 heterocycles. The highest BCUT2D eigenvalue weighted by atomic mass is 16.6. The van der Waals surface area contributed by atoms with E-state index in [0.29, 0.717) is 0 Å². The molecule has 0 saturated carbocycles. The molecular weight excluding hydrogens is 382 g/mol. The van der Waals surface area contributed by atoms with Crippen molar-refractivity contribution in [3.05, 3.63) is 131 Å². The minimum atomic E-state index is -0.732. The van der Waals surface area contributed by atoms with Crippen molar-refractivity contribution in [3.8, 4) is 5.75 Å². The molecule has 0 bridgehead atoms. The largest absolute Gasteiger partial charge is 0.470 e. The lowest BCUT2D eigenvalue weighted by Crippen LogP contribution is -2.53. The third-order valence-corrected chi connectivity index (χ3v) is 6.34. The molecule has 0 saturated heterocycles. The molecule has 0 radical (unpaired) electrons. The number of hydrogen-bond acceptors (Lipinski definition) is 3. The van der Waals surface area contributed by atoms with Gasteiger partial charge in [-0.1, -0.05) is 97.1 Å². The average Bonchev–Trinajstić information content (AvgIpc) is 2.84. The van der Waals surface area contributed by atoms with Crippen molar-refractivity contribution < 1.29 is 9.47 Å². The summed E-state index contributed by atoms with van der Waals surface area (Å²) in [5.41, 5.74) is 4.80. The van der Waals surface area contributed by atoms with Crippen LogP contribution in [0.15, 0.2) is 109 Å². The molecule has 6 rings (SSSR count). The monoisotopic (exact) mass is 405 g/mol. The van der Waals surface area contributed by atoms with E-state index in [1.165, 1.54) is 0 Å². The van der Waals surface area contributed by atoms with Crippen LogP contribution in [0.1, 0.15) is 35.4 Å². The molecule has 0 amide bonds. The minimum absolute atomic E-state index is 0.148. The van der Waals surface area contributed by atoms with Crippen LogP contribution in [0, 0.1) is 0 Å². The molecule has 0 aliphatic carbocycles. The van der Waals surface area contributed by atoms with Crippen LogP contribution >= 0.6 is 0 Å². The molecular formula is C28H23NO2. The Labute approximate surface area is 182 Å². The summed E-state index contributed by atoms with van der Waals surface area (Å²) in [6.45, 7) is 2.08. The summed E-state index contributed by atoms with van der Waals surface area (Å²) < 4.78 is 13.5. The van der Waals surface area contributed by atoms with E-state index in [-0.39, 0.29) is 12.5 Å². The van der Waals surface area contributed by atoms with Gasteiger partial charge >= 0.3 is 0 Å². The van der Waals surface area contributed by atoms with Gasteiger partial charge in [0.2, 0.25) is 0 Å². The Morgan fingerprint density at radius 1 is 0.677 bits per heavy atom. The summed E-state index contributed by atoms with van der Waals surface area (Å²) in [5.74, 6) is 0.880. The first kappa shape index (κ1) is 18.2. The highest BCUT2D eigenvalue weighted by Gasteiger charge is 2.50. The minimum Gasteiger partial charge on any atom is -0.470 e. The molecule has 31 heavy (non-hydrogen) atoms. The maximum atomic E-state index is 7.22. The number of fused-ring (bicyclic) bond motifs is 5. The van der Waals surface area contributed by atoms with Gasteiger partial charge in [0, 0.05) is 16.8 Å². The third kappa shape index (κ3) is 2.63. The molecule has 3 heteroatoms. The van der Waals surface area contributed by atoms with Crippen LogP contribution in [0.25, 0.3) is 0 Å². The fourth-order valence-electron chi connectivity index (χ4n) is 5.00. The predicted octanol–water partition coefficient (Wildman–Crippen LogP) is 6.25. The van der Waals surface area contributed by atoms with E-state index in [4.69, 9.17) is 9.47 Å². The van der Waals surface area contributed by atoms with Gasteiger partial charge < -0.3 is 14.4 Å². The molecule has 3 nitrogen and oxygen atoms in total. The molecule has 0 aromatic heterocycles. The number of para-hydroxylation sites is 2. The SMILES string of the molecule is CC1Oc2ccccc2C2OC(c3ccccc3)(c3ccccc3)c3ccccc3N12. The first-order chi connectivity index (χ1) is 15.3. The Morgan fingerprint density at radius 3 is 1.97 bits per heavy atom. The number of ether oxygens (including phenoxy) is 2. The Bertz CT molecular complexity index is 1180. The van der Waals surface area contributed by atoms with Gasteiger partial charge in [0.05, 0.1) is 0 Å². The molecule has 2 unspecified atom stereocenters. The topological polar surface area (TPSA) is 21.7 Å². The fraction of sp³-hybridized carbons (Fsp3) is 0.143. The summed E-state index contributed by atoms with van der Waals surface area (Å²) in [6.07, 6.45) is -0.416. The van der Waals surface area contributed by atoms with Crippen LogP contribution in [0.5, 0.6) is 5.75 Å². The quantitative estimate of drug-likeness (QED) is 0.393. The Kier molecular flexibility index (Phi) is 4.12. The Morgan fingerprint density at radius 2 is 1.26 bits per heavy atom. The van der Waals surface area contributed by atoms with E-state index < -0.39 is 5.60 Å². The number of rotatable bonds is 2. The second-order valence-corrected chi connectivity index (χ2v) is 8.06. The van der Waals surface area contributed by atoms with Gasteiger partial charge in [-0.15, -0.1) is 0 Å². The summed E-state index contributed by atoms with van der Waals surface area (Å²) in [7, 11) is 0. The molecule has 2 aliphatic heterocycles. The average molecular weight is 405 g/mol. The summed E-state index contributed by atoms with van der Waals surface area (Å²) >= 11 is 0. The van der Waals surface area contributed by atoms with E-state index in [1.54, 1.807) is 0 Å². The summed E-state index contributed by atoms with van der Waals surface area (Å²) in [5, 5.41) is 0. The molecule has 0 fully saturated rings. The van der Waals surface area contributed by atoms with E-state index in [1.807, 2.05) is 18.2 Å². The number of anilines is 1. The van der Waals surface area contributed by atoms with Crippen LogP contribution in [-0.2, 0) is 10.3 Å². The smallest absolute Gasteiger partial charge is 0.171 e. The standard InChI is InChI=1S/C28H23NO2/c1-20-29-25-18-10-9-17-24(25)28(21-12-4-2-5-13-21,22-14-6-3-7-15-22)31-27(29)23-16-8-11-19-26(23)30-20/h2-20,27H,1H3. The molecule has 4 aromatic carbocycles. The van der Waals surface area contributed by atoms with Crippen molar-refractivity contribution in [2.45, 2.75) is 25.0 Å². The second-order valence-electron chi connectivity index (χ2n) is 8.06. The van der Waals surface area contributed by atoms with Crippen molar-refractivity contribution in [2.75, 3.05) is 4.90 Å². The van der Waals surface area contributed by atoms with Crippen LogP contribution in [0.4, 0.5) is 5.69 Å². The first-order valence-electron chi connectivity index (χ1n) is 10.7. The highest BCUT2D eigenvalue weighted by Crippen LogP contribution is 2.55. The fourth-order valence-corrected chi connectivity index (χ4v) is 5.00. The summed E-state index contributed by atoms with van der Waals surface area (Å²) in [4.78, 5) is 2.25. The van der Waals surface area contributed by atoms with Crippen LogP contribution < -0.4 is 9.64 Å². The van der Waals surface area contributed by atoms with Gasteiger partial charge in [0.25, 0.3) is 0 Å². The van der Waals surface area contributed by atoms with E-state index in [0.717, 1.165) is 33.7 Å². The maximum Gasteiger partial charge on any atom is 0.171 e. The van der Waals surface area contributed by atoms with Gasteiger partial charge in [-0.2, -0.15) is 0 Å². The van der Waals surface area contributed by atoms with E-state index >= 15 is 0 Å². The van der Waals surface area contributed by atoms with Gasteiger partial charge in [-0.05, 0) is 30.2 Å². The van der Waals surface area contributed by atoms with Crippen LogP contribution in [0.2, 0.25) is 0 Å². The first-order valence-corrected chi connectivity index (χ1v) is 10.7. The second kappa shape index (κ2) is 7.00. The Balaban J connectivity index is 1.69. The lowest BCUT2D eigenvalue weighted by Gasteiger charge is -2.52. The molecule has 0 N–H and O–H groups in total. The zero-order chi connectivity index (χ0) is 20.8. The van der Waals surface area contributed by atoms with Crippen LogP contribution in [0.3, 0.4) is 0 Å². The van der Waals surface area contributed by atoms with Gasteiger partial charge in [-0.25, -0.2) is 0 Å². The predicted molar refractivity (Wildman–Crippen MR) is 122 cm³/mol. The third-order valence-electron chi connectivity index (χ3n) is 6.34. The number of hydrogen-bond donors (Lipinski definition) is 0. The number of benzene rings is 4. The number of nitrogens with zero attached hydrogens (tertiary/aromatic N) is 1. The van der Waals surface area contributed by atoms with Gasteiger partial charge in [-0.3, -0.25) is 0 Å². The van der Waals surface area contributed by atoms with Crippen molar-refractivity contribution in [1.29, 1.82) is 0 Å². The zero-order valence-electron chi connectivity index (χ0n) is 17.3. The molecule has 0 spiro atoms. The van der Waals surface area contributed by atoms with Gasteiger partial charge in [0.15, 0.2) is 12.5 Å². The molecule has 2 aliphatic rings.